The van der Waals surface area contributed by atoms with Crippen molar-refractivity contribution < 1.29 is 14.1 Å². The summed E-state index contributed by atoms with van der Waals surface area (Å²) in [7, 11) is 0. The monoisotopic (exact) mass is 388 g/mol. The van der Waals surface area contributed by atoms with Gasteiger partial charge < -0.3 is 5.32 Å². The molecule has 1 N–H and O–H groups in total. The molecule has 0 fully saturated rings. The summed E-state index contributed by atoms with van der Waals surface area (Å²) in [5, 5.41) is 19.6. The van der Waals surface area contributed by atoms with Crippen LogP contribution in [-0.2, 0) is 6.54 Å². The fourth-order valence-corrected chi connectivity index (χ4v) is 3.57. The number of rotatable bonds is 5. The molecule has 0 aliphatic heterocycles. The van der Waals surface area contributed by atoms with Gasteiger partial charge in [-0.25, -0.2) is 4.39 Å². The van der Waals surface area contributed by atoms with Crippen LogP contribution in [0.25, 0.3) is 0 Å². The fourth-order valence-electron chi connectivity index (χ4n) is 2.77. The Hall–Kier alpha value is -3.07. The molecule has 0 radical (unpaired) electrons. The van der Waals surface area contributed by atoms with Crippen LogP contribution in [-0.4, -0.2) is 20.6 Å². The zero-order valence-electron chi connectivity index (χ0n) is 14.9. The van der Waals surface area contributed by atoms with Crippen LogP contribution < -0.4 is 5.32 Å². The number of amides is 1. The number of nitrogens with zero attached hydrogens (tertiary/aromatic N) is 3. The van der Waals surface area contributed by atoms with Crippen molar-refractivity contribution in [3.63, 3.8) is 0 Å². The maximum Gasteiger partial charge on any atom is 0.312 e. The molecule has 0 unspecified atom stereocenters. The van der Waals surface area contributed by atoms with Crippen LogP contribution in [0.3, 0.4) is 0 Å². The lowest BCUT2D eigenvalue weighted by Crippen LogP contribution is -2.11. The summed E-state index contributed by atoms with van der Waals surface area (Å²) in [6.45, 7) is 5.35. The number of thiophene rings is 1. The molecule has 2 aromatic heterocycles. The predicted octanol–water partition coefficient (Wildman–Crippen LogP) is 4.22. The largest absolute Gasteiger partial charge is 0.319 e. The molecule has 0 aliphatic carbocycles. The molecule has 140 valence electrons. The van der Waals surface area contributed by atoms with Crippen LogP contribution in [0.2, 0.25) is 0 Å². The van der Waals surface area contributed by atoms with Crippen molar-refractivity contribution in [2.24, 2.45) is 0 Å². The van der Waals surface area contributed by atoms with Crippen molar-refractivity contribution >= 4 is 28.6 Å². The van der Waals surface area contributed by atoms with Crippen LogP contribution in [0, 0.1) is 36.7 Å². The first-order valence-electron chi connectivity index (χ1n) is 8.09. The van der Waals surface area contributed by atoms with E-state index in [-0.39, 0.29) is 11.4 Å². The van der Waals surface area contributed by atoms with Gasteiger partial charge in [-0.1, -0.05) is 6.07 Å². The highest BCUT2D eigenvalue weighted by molar-refractivity contribution is 7.12. The number of anilines is 1. The average Bonchev–Trinajstić information content (AvgIpc) is 3.16. The highest BCUT2D eigenvalue weighted by Gasteiger charge is 2.22. The van der Waals surface area contributed by atoms with Gasteiger partial charge in [0, 0.05) is 0 Å². The summed E-state index contributed by atoms with van der Waals surface area (Å²) < 4.78 is 15.3. The molecular weight excluding hydrogens is 371 g/mol. The number of nitro groups is 1. The number of carbonyl (C=O) groups is 1. The number of aryl methyl sites for hydroxylation is 2. The van der Waals surface area contributed by atoms with Gasteiger partial charge in [-0.2, -0.15) is 5.10 Å². The topological polar surface area (TPSA) is 90.1 Å². The second kappa shape index (κ2) is 7.28. The normalized spacial score (nSPS) is 10.8. The fraction of sp³-hybridized carbons (Fsp3) is 0.222. The minimum absolute atomic E-state index is 0.00174. The van der Waals surface area contributed by atoms with Gasteiger partial charge in [0.05, 0.1) is 22.0 Å². The first kappa shape index (κ1) is 18.7. The minimum atomic E-state index is -0.499. The number of halogens is 1. The third kappa shape index (κ3) is 3.87. The van der Waals surface area contributed by atoms with Crippen molar-refractivity contribution in [2.45, 2.75) is 27.3 Å². The highest BCUT2D eigenvalue weighted by Crippen LogP contribution is 2.24. The maximum atomic E-state index is 13.8. The number of aromatic nitrogens is 2. The Morgan fingerprint density at radius 2 is 2.07 bits per heavy atom. The predicted molar refractivity (Wildman–Crippen MR) is 101 cm³/mol. The van der Waals surface area contributed by atoms with Crippen LogP contribution >= 0.6 is 11.3 Å². The molecule has 9 heteroatoms. The third-order valence-corrected chi connectivity index (χ3v) is 5.08. The molecule has 3 aromatic rings. The second-order valence-corrected chi connectivity index (χ2v) is 7.10. The van der Waals surface area contributed by atoms with Gasteiger partial charge >= 0.3 is 5.69 Å². The zero-order valence-corrected chi connectivity index (χ0v) is 15.8. The first-order chi connectivity index (χ1) is 12.8. The van der Waals surface area contributed by atoms with E-state index in [0.717, 1.165) is 11.1 Å². The van der Waals surface area contributed by atoms with E-state index in [1.807, 2.05) is 6.92 Å². The van der Waals surface area contributed by atoms with E-state index < -0.39 is 16.6 Å². The molecule has 0 bridgehead atoms. The summed E-state index contributed by atoms with van der Waals surface area (Å²) in [6, 6.07) is 6.18. The lowest BCUT2D eigenvalue weighted by atomic mass is 10.2. The number of benzene rings is 1. The summed E-state index contributed by atoms with van der Waals surface area (Å²) in [6.07, 6.45) is 0. The molecule has 1 aromatic carbocycles. The van der Waals surface area contributed by atoms with Gasteiger partial charge in [-0.05, 0) is 55.5 Å². The van der Waals surface area contributed by atoms with Gasteiger partial charge in [0.15, 0.2) is 0 Å². The number of hydrogen-bond donors (Lipinski definition) is 1. The van der Waals surface area contributed by atoms with Crippen molar-refractivity contribution in [1.29, 1.82) is 0 Å². The average molecular weight is 388 g/mol. The van der Waals surface area contributed by atoms with Crippen molar-refractivity contribution in [2.75, 3.05) is 5.32 Å². The number of hydrogen-bond acceptors (Lipinski definition) is 5. The SMILES string of the molecule is Cc1ccc(F)c(NC(=O)c2cc(Cn3nc(C)c([N+](=O)[O-])c3C)cs2)c1. The molecular formula is C18H17FN4O3S. The molecule has 1 amide bonds. The molecule has 3 rings (SSSR count). The van der Waals surface area contributed by atoms with Crippen LogP contribution in [0.4, 0.5) is 15.8 Å². The smallest absolute Gasteiger partial charge is 0.312 e. The molecule has 0 saturated carbocycles. The van der Waals surface area contributed by atoms with Gasteiger partial charge in [-0.3, -0.25) is 19.6 Å². The standard InChI is InChI=1S/C18H17FN4O3S/c1-10-4-5-14(19)15(6-10)20-18(24)16-7-13(9-27-16)8-22-12(3)17(23(25)26)11(2)21-22/h4-7,9H,8H2,1-3H3,(H,20,24). The summed E-state index contributed by atoms with van der Waals surface area (Å²) in [5.41, 5.74) is 2.56. The minimum Gasteiger partial charge on any atom is -0.319 e. The van der Waals surface area contributed by atoms with Crippen LogP contribution in [0.5, 0.6) is 0 Å². The summed E-state index contributed by atoms with van der Waals surface area (Å²) >= 11 is 1.22. The third-order valence-electron chi connectivity index (χ3n) is 4.11. The Bertz CT molecular complexity index is 1040. The van der Waals surface area contributed by atoms with Gasteiger partial charge in [0.2, 0.25) is 0 Å². The van der Waals surface area contributed by atoms with Gasteiger partial charge in [-0.15, -0.1) is 11.3 Å². The van der Waals surface area contributed by atoms with Crippen LogP contribution in [0.1, 0.15) is 32.2 Å². The first-order valence-corrected chi connectivity index (χ1v) is 8.97. The van der Waals surface area contributed by atoms with E-state index in [0.29, 0.717) is 22.8 Å². The Balaban J connectivity index is 1.77. The van der Waals surface area contributed by atoms with E-state index in [4.69, 9.17) is 0 Å². The molecule has 27 heavy (non-hydrogen) atoms. The van der Waals surface area contributed by atoms with E-state index in [1.54, 1.807) is 37.4 Å². The Labute approximate surface area is 158 Å². The number of carbonyl (C=O) groups excluding carboxylic acids is 1. The van der Waals surface area contributed by atoms with Gasteiger partial charge in [0.25, 0.3) is 5.91 Å². The zero-order chi connectivity index (χ0) is 19.7. The Morgan fingerprint density at radius 3 is 2.74 bits per heavy atom. The Kier molecular flexibility index (Phi) is 5.04. The number of nitrogens with one attached hydrogen (secondary N) is 1. The summed E-state index contributed by atoms with van der Waals surface area (Å²) in [4.78, 5) is 23.4. The molecule has 0 atom stereocenters. The lowest BCUT2D eigenvalue weighted by Gasteiger charge is -2.06. The molecule has 0 spiro atoms. The molecule has 0 saturated heterocycles. The molecule has 7 nitrogen and oxygen atoms in total. The molecule has 0 aliphatic rings. The summed E-state index contributed by atoms with van der Waals surface area (Å²) in [5.74, 6) is -0.907. The second-order valence-electron chi connectivity index (χ2n) is 6.19. The van der Waals surface area contributed by atoms with Crippen LogP contribution in [0.15, 0.2) is 29.6 Å². The van der Waals surface area contributed by atoms with Crippen molar-refractivity contribution in [1.82, 2.24) is 9.78 Å². The van der Waals surface area contributed by atoms with E-state index in [9.17, 15) is 19.3 Å². The highest BCUT2D eigenvalue weighted by atomic mass is 32.1. The van der Waals surface area contributed by atoms with E-state index in [2.05, 4.69) is 10.4 Å². The van der Waals surface area contributed by atoms with E-state index in [1.165, 1.54) is 22.1 Å². The van der Waals surface area contributed by atoms with Crippen molar-refractivity contribution in [3.05, 3.63) is 73.0 Å². The maximum absolute atomic E-state index is 13.8. The Morgan fingerprint density at radius 1 is 1.33 bits per heavy atom. The molecule has 2 heterocycles. The van der Waals surface area contributed by atoms with Crippen molar-refractivity contribution in [3.8, 4) is 0 Å². The lowest BCUT2D eigenvalue weighted by molar-refractivity contribution is -0.386. The van der Waals surface area contributed by atoms with E-state index >= 15 is 0 Å². The quantitative estimate of drug-likeness (QED) is 0.523. The van der Waals surface area contributed by atoms with Gasteiger partial charge in [0.1, 0.15) is 17.2 Å².